The SMILES string of the molecule is CNC(Cc1ccc(C)c(C)c1)c1cc(C)c(Br)c(C)c1. The molecule has 1 atom stereocenters. The Hall–Kier alpha value is -1.12. The lowest BCUT2D eigenvalue weighted by molar-refractivity contribution is 0.591. The van der Waals surface area contributed by atoms with Crippen LogP contribution in [0, 0.1) is 27.7 Å². The molecule has 0 spiro atoms. The van der Waals surface area contributed by atoms with Crippen molar-refractivity contribution in [2.75, 3.05) is 7.05 Å². The Bertz CT molecular complexity index is 623. The maximum Gasteiger partial charge on any atom is 0.0358 e. The fraction of sp³-hybridized carbons (Fsp3) is 0.368. The van der Waals surface area contributed by atoms with Gasteiger partial charge < -0.3 is 5.32 Å². The maximum absolute atomic E-state index is 3.65. The second-order valence-corrected chi connectivity index (χ2v) is 6.73. The van der Waals surface area contributed by atoms with E-state index in [1.807, 2.05) is 7.05 Å². The summed E-state index contributed by atoms with van der Waals surface area (Å²) >= 11 is 3.65. The Morgan fingerprint density at radius 1 is 0.905 bits per heavy atom. The van der Waals surface area contributed by atoms with Gasteiger partial charge in [0.2, 0.25) is 0 Å². The summed E-state index contributed by atoms with van der Waals surface area (Å²) in [6.45, 7) is 8.66. The molecule has 1 nitrogen and oxygen atoms in total. The van der Waals surface area contributed by atoms with Crippen molar-refractivity contribution in [1.29, 1.82) is 0 Å². The highest BCUT2D eigenvalue weighted by molar-refractivity contribution is 9.10. The molecule has 0 heterocycles. The Kier molecular flexibility index (Phi) is 5.23. The molecule has 21 heavy (non-hydrogen) atoms. The first-order valence-electron chi connectivity index (χ1n) is 7.42. The molecule has 0 aliphatic heterocycles. The highest BCUT2D eigenvalue weighted by Crippen LogP contribution is 2.27. The van der Waals surface area contributed by atoms with Gasteiger partial charge in [0.1, 0.15) is 0 Å². The second kappa shape index (κ2) is 6.76. The Morgan fingerprint density at radius 3 is 2.05 bits per heavy atom. The average Bonchev–Trinajstić information content (AvgIpc) is 2.45. The number of hydrogen-bond donors (Lipinski definition) is 1. The van der Waals surface area contributed by atoms with Gasteiger partial charge >= 0.3 is 0 Å². The molecular formula is C19H24BrN. The van der Waals surface area contributed by atoms with E-state index in [1.54, 1.807) is 0 Å². The summed E-state index contributed by atoms with van der Waals surface area (Å²) in [6, 6.07) is 11.7. The molecule has 0 bridgehead atoms. The molecule has 0 saturated heterocycles. The molecule has 0 aliphatic rings. The van der Waals surface area contributed by atoms with Gasteiger partial charge in [-0.3, -0.25) is 0 Å². The van der Waals surface area contributed by atoms with Crippen molar-refractivity contribution in [1.82, 2.24) is 5.32 Å². The molecule has 2 heteroatoms. The summed E-state index contributed by atoms with van der Waals surface area (Å²) in [4.78, 5) is 0. The van der Waals surface area contributed by atoms with Gasteiger partial charge in [0.05, 0.1) is 0 Å². The van der Waals surface area contributed by atoms with Gasteiger partial charge in [0, 0.05) is 10.5 Å². The Labute approximate surface area is 136 Å². The molecule has 2 aromatic rings. The van der Waals surface area contributed by atoms with Crippen LogP contribution in [0.2, 0.25) is 0 Å². The number of hydrogen-bond acceptors (Lipinski definition) is 1. The fourth-order valence-corrected chi connectivity index (χ4v) is 2.96. The zero-order valence-corrected chi connectivity index (χ0v) is 15.1. The Balaban J connectivity index is 2.29. The predicted octanol–water partition coefficient (Wildman–Crippen LogP) is 5.19. The lowest BCUT2D eigenvalue weighted by Gasteiger charge is -2.19. The van der Waals surface area contributed by atoms with E-state index in [0.717, 1.165) is 6.42 Å². The molecule has 1 unspecified atom stereocenters. The number of benzene rings is 2. The van der Waals surface area contributed by atoms with E-state index in [4.69, 9.17) is 0 Å². The number of nitrogens with one attached hydrogen (secondary N) is 1. The van der Waals surface area contributed by atoms with Crippen molar-refractivity contribution in [3.63, 3.8) is 0 Å². The summed E-state index contributed by atoms with van der Waals surface area (Å²) in [5, 5.41) is 3.46. The minimum atomic E-state index is 0.345. The van der Waals surface area contributed by atoms with Crippen LogP contribution in [-0.4, -0.2) is 7.05 Å². The van der Waals surface area contributed by atoms with Gasteiger partial charge in [-0.1, -0.05) is 46.3 Å². The van der Waals surface area contributed by atoms with E-state index >= 15 is 0 Å². The summed E-state index contributed by atoms with van der Waals surface area (Å²) in [5.74, 6) is 0. The normalized spacial score (nSPS) is 12.5. The van der Waals surface area contributed by atoms with Crippen LogP contribution in [0.1, 0.15) is 39.4 Å². The van der Waals surface area contributed by atoms with Crippen molar-refractivity contribution < 1.29 is 0 Å². The van der Waals surface area contributed by atoms with Gasteiger partial charge in [0.15, 0.2) is 0 Å². The molecule has 0 aromatic heterocycles. The van der Waals surface area contributed by atoms with Gasteiger partial charge in [-0.05, 0) is 74.5 Å². The second-order valence-electron chi connectivity index (χ2n) is 5.93. The maximum atomic E-state index is 3.65. The highest BCUT2D eigenvalue weighted by Gasteiger charge is 2.13. The summed E-state index contributed by atoms with van der Waals surface area (Å²) in [6.07, 6.45) is 1.01. The fourth-order valence-electron chi connectivity index (χ4n) is 2.73. The van der Waals surface area contributed by atoms with Crippen LogP contribution in [0.3, 0.4) is 0 Å². The topological polar surface area (TPSA) is 12.0 Å². The molecule has 112 valence electrons. The van der Waals surface area contributed by atoms with E-state index in [2.05, 4.69) is 79.3 Å². The van der Waals surface area contributed by atoms with Crippen LogP contribution in [0.4, 0.5) is 0 Å². The number of halogens is 1. The average molecular weight is 346 g/mol. The van der Waals surface area contributed by atoms with E-state index in [0.29, 0.717) is 6.04 Å². The first-order chi connectivity index (χ1) is 9.92. The smallest absolute Gasteiger partial charge is 0.0358 e. The van der Waals surface area contributed by atoms with Gasteiger partial charge in [-0.25, -0.2) is 0 Å². The molecule has 2 aromatic carbocycles. The van der Waals surface area contributed by atoms with Gasteiger partial charge in [-0.2, -0.15) is 0 Å². The zero-order valence-electron chi connectivity index (χ0n) is 13.5. The third kappa shape index (κ3) is 3.75. The molecule has 0 fully saturated rings. The standard InChI is InChI=1S/C19H24BrN/c1-12-6-7-16(8-13(12)2)11-18(21-5)17-9-14(3)19(20)15(4)10-17/h6-10,18,21H,11H2,1-5H3. The first-order valence-corrected chi connectivity index (χ1v) is 8.21. The predicted molar refractivity (Wildman–Crippen MR) is 95.0 cm³/mol. The van der Waals surface area contributed by atoms with E-state index < -0.39 is 0 Å². The summed E-state index contributed by atoms with van der Waals surface area (Å²) in [7, 11) is 2.04. The van der Waals surface area contributed by atoms with E-state index in [-0.39, 0.29) is 0 Å². The van der Waals surface area contributed by atoms with Crippen molar-refractivity contribution in [3.05, 3.63) is 68.2 Å². The highest BCUT2D eigenvalue weighted by atomic mass is 79.9. The lowest BCUT2D eigenvalue weighted by atomic mass is 9.94. The summed E-state index contributed by atoms with van der Waals surface area (Å²) in [5.41, 5.74) is 8.06. The molecule has 0 saturated carbocycles. The Morgan fingerprint density at radius 2 is 1.52 bits per heavy atom. The molecule has 0 aliphatic carbocycles. The third-order valence-electron chi connectivity index (χ3n) is 4.22. The van der Waals surface area contributed by atoms with Crippen molar-refractivity contribution in [2.24, 2.45) is 0 Å². The van der Waals surface area contributed by atoms with Crippen LogP contribution in [0.15, 0.2) is 34.8 Å². The first kappa shape index (κ1) is 16.3. The molecule has 2 rings (SSSR count). The van der Waals surface area contributed by atoms with Gasteiger partial charge in [-0.15, -0.1) is 0 Å². The molecular weight excluding hydrogens is 322 g/mol. The zero-order chi connectivity index (χ0) is 15.6. The van der Waals surface area contributed by atoms with Crippen molar-refractivity contribution >= 4 is 15.9 Å². The van der Waals surface area contributed by atoms with Gasteiger partial charge in [0.25, 0.3) is 0 Å². The van der Waals surface area contributed by atoms with E-state index in [1.165, 1.54) is 37.9 Å². The van der Waals surface area contributed by atoms with Crippen molar-refractivity contribution in [3.8, 4) is 0 Å². The molecule has 0 amide bonds. The lowest BCUT2D eigenvalue weighted by Crippen LogP contribution is -2.19. The number of rotatable bonds is 4. The summed E-state index contributed by atoms with van der Waals surface area (Å²) < 4.78 is 1.22. The molecule has 0 radical (unpaired) electrons. The van der Waals surface area contributed by atoms with Crippen molar-refractivity contribution in [2.45, 2.75) is 40.2 Å². The molecule has 1 N–H and O–H groups in total. The monoisotopic (exact) mass is 345 g/mol. The van der Waals surface area contributed by atoms with Crippen LogP contribution in [0.5, 0.6) is 0 Å². The van der Waals surface area contributed by atoms with E-state index in [9.17, 15) is 0 Å². The third-order valence-corrected chi connectivity index (χ3v) is 5.47. The van der Waals surface area contributed by atoms with Crippen LogP contribution in [0.25, 0.3) is 0 Å². The number of likely N-dealkylation sites (N-methyl/N-ethyl adjacent to an activating group) is 1. The minimum absolute atomic E-state index is 0.345. The largest absolute Gasteiger partial charge is 0.313 e. The minimum Gasteiger partial charge on any atom is -0.313 e. The van der Waals surface area contributed by atoms with Crippen LogP contribution >= 0.6 is 15.9 Å². The quantitative estimate of drug-likeness (QED) is 0.804. The number of aryl methyl sites for hydroxylation is 4. The van der Waals surface area contributed by atoms with Crippen LogP contribution in [-0.2, 0) is 6.42 Å². The van der Waals surface area contributed by atoms with Crippen LogP contribution < -0.4 is 5.32 Å².